The number of nitrogens with one attached hydrogen (secondary N) is 1. The minimum atomic E-state index is -1.05. The fourth-order valence-electron chi connectivity index (χ4n) is 4.38. The summed E-state index contributed by atoms with van der Waals surface area (Å²) in [5, 5.41) is 3.14. The molecule has 1 saturated carbocycles. The molecule has 1 aliphatic rings. The van der Waals surface area contributed by atoms with Gasteiger partial charge in [0, 0.05) is 17.9 Å². The molecule has 0 spiro atoms. The lowest BCUT2D eigenvalue weighted by Gasteiger charge is -2.33. The molecule has 0 saturated heterocycles. The van der Waals surface area contributed by atoms with Crippen molar-refractivity contribution in [1.29, 1.82) is 0 Å². The third kappa shape index (κ3) is 5.42. The molecule has 0 radical (unpaired) electrons. The standard InChI is InChI=1S/C27H28FN3O3/c1-34-23-14-7-9-19(17-23)25(26(32)30-21-11-3-2-4-12-21)31(22-13-8-10-20(28)18-22)27(33)24-15-5-6-16-29-24/h5-10,13-18,21,25H,2-4,11-12H2,1H3,(H,30,32)/t25-/m1/s1. The summed E-state index contributed by atoms with van der Waals surface area (Å²) < 4.78 is 19.7. The van der Waals surface area contributed by atoms with Crippen molar-refractivity contribution < 1.29 is 18.7 Å². The van der Waals surface area contributed by atoms with E-state index in [0.717, 1.165) is 32.1 Å². The molecular formula is C27H28FN3O3. The van der Waals surface area contributed by atoms with Gasteiger partial charge in [0.25, 0.3) is 5.91 Å². The van der Waals surface area contributed by atoms with Gasteiger partial charge >= 0.3 is 0 Å². The Balaban J connectivity index is 1.82. The Morgan fingerprint density at radius 3 is 2.53 bits per heavy atom. The summed E-state index contributed by atoms with van der Waals surface area (Å²) >= 11 is 0. The number of methoxy groups -OCH3 is 1. The quantitative estimate of drug-likeness (QED) is 0.534. The van der Waals surface area contributed by atoms with Crippen molar-refractivity contribution in [2.75, 3.05) is 12.0 Å². The lowest BCUT2D eigenvalue weighted by Crippen LogP contribution is -2.47. The van der Waals surface area contributed by atoms with Crippen molar-refractivity contribution in [3.63, 3.8) is 0 Å². The average Bonchev–Trinajstić information content (AvgIpc) is 2.88. The maximum Gasteiger partial charge on any atom is 0.277 e. The van der Waals surface area contributed by atoms with Crippen LogP contribution in [0.15, 0.2) is 72.9 Å². The number of halogens is 1. The highest BCUT2D eigenvalue weighted by molar-refractivity contribution is 6.09. The average molecular weight is 462 g/mol. The zero-order valence-corrected chi connectivity index (χ0v) is 19.1. The summed E-state index contributed by atoms with van der Waals surface area (Å²) in [6.45, 7) is 0. The van der Waals surface area contributed by atoms with E-state index in [0.29, 0.717) is 11.3 Å². The van der Waals surface area contributed by atoms with Crippen LogP contribution in [0.4, 0.5) is 10.1 Å². The van der Waals surface area contributed by atoms with Crippen LogP contribution in [-0.2, 0) is 4.79 Å². The van der Waals surface area contributed by atoms with Crippen LogP contribution in [0.2, 0.25) is 0 Å². The molecule has 1 N–H and O–H groups in total. The predicted octanol–water partition coefficient (Wildman–Crippen LogP) is 5.07. The van der Waals surface area contributed by atoms with Gasteiger partial charge in [-0.25, -0.2) is 4.39 Å². The molecule has 1 atom stereocenters. The topological polar surface area (TPSA) is 71.5 Å². The van der Waals surface area contributed by atoms with Crippen molar-refractivity contribution in [3.05, 3.63) is 90.0 Å². The largest absolute Gasteiger partial charge is 0.497 e. The predicted molar refractivity (Wildman–Crippen MR) is 128 cm³/mol. The highest BCUT2D eigenvalue weighted by atomic mass is 19.1. The number of anilines is 1. The number of pyridine rings is 1. The number of carbonyl (C=O) groups excluding carboxylic acids is 2. The number of amides is 2. The van der Waals surface area contributed by atoms with Crippen LogP contribution >= 0.6 is 0 Å². The van der Waals surface area contributed by atoms with Crippen LogP contribution in [0.5, 0.6) is 5.75 Å². The number of benzene rings is 2. The first-order chi connectivity index (χ1) is 16.6. The summed E-state index contributed by atoms with van der Waals surface area (Å²) in [4.78, 5) is 33.0. The van der Waals surface area contributed by atoms with Crippen LogP contribution in [0.1, 0.15) is 54.2 Å². The van der Waals surface area contributed by atoms with Crippen LogP contribution in [-0.4, -0.2) is 29.9 Å². The molecule has 34 heavy (non-hydrogen) atoms. The maximum absolute atomic E-state index is 14.3. The molecule has 7 heteroatoms. The molecule has 3 aromatic rings. The highest BCUT2D eigenvalue weighted by Crippen LogP contribution is 2.32. The van der Waals surface area contributed by atoms with Crippen LogP contribution in [0, 0.1) is 5.82 Å². The second kappa shape index (κ2) is 10.9. The number of hydrogen-bond donors (Lipinski definition) is 1. The van der Waals surface area contributed by atoms with E-state index >= 15 is 0 Å². The normalized spacial score (nSPS) is 14.8. The highest BCUT2D eigenvalue weighted by Gasteiger charge is 2.35. The van der Waals surface area contributed by atoms with Crippen molar-refractivity contribution in [2.24, 2.45) is 0 Å². The number of ether oxygens (including phenoxy) is 1. The van der Waals surface area contributed by atoms with Gasteiger partial charge in [-0.1, -0.05) is 43.5 Å². The third-order valence-corrected chi connectivity index (χ3v) is 6.06. The molecule has 0 bridgehead atoms. The zero-order chi connectivity index (χ0) is 23.9. The van der Waals surface area contributed by atoms with Gasteiger partial charge in [0.1, 0.15) is 23.3 Å². The summed E-state index contributed by atoms with van der Waals surface area (Å²) in [6, 6.07) is 16.7. The van der Waals surface area contributed by atoms with E-state index in [1.807, 2.05) is 0 Å². The molecular weight excluding hydrogens is 433 g/mol. The lowest BCUT2D eigenvalue weighted by molar-refractivity contribution is -0.123. The lowest BCUT2D eigenvalue weighted by atomic mass is 9.94. The van der Waals surface area contributed by atoms with Crippen molar-refractivity contribution in [3.8, 4) is 5.75 Å². The van der Waals surface area contributed by atoms with Gasteiger partial charge in [-0.15, -0.1) is 0 Å². The first-order valence-corrected chi connectivity index (χ1v) is 11.5. The fraction of sp³-hybridized carbons (Fsp3) is 0.296. The Kier molecular flexibility index (Phi) is 7.52. The first-order valence-electron chi connectivity index (χ1n) is 11.5. The number of rotatable bonds is 7. The Bertz CT molecular complexity index is 1130. The molecule has 2 amide bonds. The molecule has 0 aliphatic heterocycles. The van der Waals surface area contributed by atoms with Crippen LogP contribution < -0.4 is 15.0 Å². The van der Waals surface area contributed by atoms with Gasteiger partial charge in [0.2, 0.25) is 5.91 Å². The van der Waals surface area contributed by atoms with E-state index in [-0.39, 0.29) is 23.3 Å². The Hall–Kier alpha value is -3.74. The van der Waals surface area contributed by atoms with E-state index in [4.69, 9.17) is 4.74 Å². The van der Waals surface area contributed by atoms with Gasteiger partial charge in [0.15, 0.2) is 0 Å². The van der Waals surface area contributed by atoms with Crippen molar-refractivity contribution in [1.82, 2.24) is 10.3 Å². The van der Waals surface area contributed by atoms with E-state index in [2.05, 4.69) is 10.3 Å². The van der Waals surface area contributed by atoms with E-state index in [1.54, 1.807) is 55.6 Å². The second-order valence-electron chi connectivity index (χ2n) is 8.39. The minimum Gasteiger partial charge on any atom is -0.497 e. The Morgan fingerprint density at radius 1 is 1.03 bits per heavy atom. The maximum atomic E-state index is 14.3. The zero-order valence-electron chi connectivity index (χ0n) is 19.1. The number of hydrogen-bond acceptors (Lipinski definition) is 4. The van der Waals surface area contributed by atoms with Gasteiger partial charge < -0.3 is 10.1 Å². The van der Waals surface area contributed by atoms with Crippen LogP contribution in [0.25, 0.3) is 0 Å². The summed E-state index contributed by atoms with van der Waals surface area (Å²) in [5.41, 5.74) is 0.980. The summed E-state index contributed by atoms with van der Waals surface area (Å²) in [7, 11) is 1.54. The van der Waals surface area contributed by atoms with Crippen molar-refractivity contribution in [2.45, 2.75) is 44.2 Å². The Labute approximate surface area is 198 Å². The second-order valence-corrected chi connectivity index (χ2v) is 8.39. The SMILES string of the molecule is COc1cccc([C@H](C(=O)NC2CCCCC2)N(C(=O)c2ccccn2)c2cccc(F)c2)c1. The third-order valence-electron chi connectivity index (χ3n) is 6.06. The Morgan fingerprint density at radius 2 is 1.82 bits per heavy atom. The fourth-order valence-corrected chi connectivity index (χ4v) is 4.38. The monoisotopic (exact) mass is 461 g/mol. The first kappa shape index (κ1) is 23.4. The molecule has 2 aromatic carbocycles. The summed E-state index contributed by atoms with van der Waals surface area (Å²) in [5.74, 6) is -0.780. The smallest absolute Gasteiger partial charge is 0.277 e. The molecule has 1 heterocycles. The van der Waals surface area contributed by atoms with E-state index in [9.17, 15) is 14.0 Å². The number of carbonyl (C=O) groups is 2. The summed E-state index contributed by atoms with van der Waals surface area (Å²) in [6.07, 6.45) is 6.55. The molecule has 6 nitrogen and oxygen atoms in total. The minimum absolute atomic E-state index is 0.0358. The van der Waals surface area contributed by atoms with Crippen LogP contribution in [0.3, 0.4) is 0 Å². The molecule has 4 rings (SSSR count). The van der Waals surface area contributed by atoms with Gasteiger partial charge in [-0.05, 0) is 60.9 Å². The van der Waals surface area contributed by atoms with Gasteiger partial charge in [-0.3, -0.25) is 19.5 Å². The molecule has 0 unspecified atom stereocenters. The van der Waals surface area contributed by atoms with E-state index < -0.39 is 17.8 Å². The van der Waals surface area contributed by atoms with E-state index in [1.165, 1.54) is 29.3 Å². The van der Waals surface area contributed by atoms with Gasteiger partial charge in [-0.2, -0.15) is 0 Å². The number of aromatic nitrogens is 1. The molecule has 1 aromatic heterocycles. The van der Waals surface area contributed by atoms with Gasteiger partial charge in [0.05, 0.1) is 7.11 Å². The molecule has 176 valence electrons. The van der Waals surface area contributed by atoms with Crippen molar-refractivity contribution >= 4 is 17.5 Å². The molecule has 1 fully saturated rings. The molecule has 1 aliphatic carbocycles. The number of nitrogens with zero attached hydrogens (tertiary/aromatic N) is 2.